The molecule has 6 unspecified atom stereocenters. The maximum atomic E-state index is 13.1. The molecular weight excluding hydrogens is 690 g/mol. The zero-order valence-electron chi connectivity index (χ0n) is 30.5. The summed E-state index contributed by atoms with van der Waals surface area (Å²) >= 11 is 0. The van der Waals surface area contributed by atoms with Crippen LogP contribution in [0.3, 0.4) is 0 Å². The molecule has 6 atom stereocenters. The maximum Gasteiger partial charge on any atom is 0.308 e. The number of ketones is 3. The van der Waals surface area contributed by atoms with Crippen molar-refractivity contribution in [2.24, 2.45) is 11.8 Å². The number of esters is 1. The van der Waals surface area contributed by atoms with Gasteiger partial charge in [0.25, 0.3) is 0 Å². The van der Waals surface area contributed by atoms with Crippen LogP contribution in [-0.4, -0.2) is 109 Å². The fraction of sp³-hybridized carbons (Fsp3) is 0.513. The molecule has 0 aromatic heterocycles. The van der Waals surface area contributed by atoms with Gasteiger partial charge in [-0.1, -0.05) is 24.3 Å². The summed E-state index contributed by atoms with van der Waals surface area (Å²) in [5.74, 6) is -2.61. The first-order chi connectivity index (χ1) is 25.4. The Morgan fingerprint density at radius 1 is 0.943 bits per heavy atom. The predicted molar refractivity (Wildman–Crippen MR) is 190 cm³/mol. The number of phenols is 2. The number of hydrogen-bond donors (Lipinski definition) is 5. The number of aliphatic hydroxyl groups excluding tert-OH is 2. The highest BCUT2D eigenvalue weighted by Crippen LogP contribution is 2.47. The Kier molecular flexibility index (Phi) is 14.7. The van der Waals surface area contributed by atoms with E-state index in [1.54, 1.807) is 26.2 Å². The van der Waals surface area contributed by atoms with Crippen LogP contribution in [0.4, 0.5) is 0 Å². The lowest BCUT2D eigenvalue weighted by molar-refractivity contribution is -0.146. The standard InChI is InChI=1S/C21H18O7.C11H18O3.C7H13NO3/c1-28-14-4-2-3-11-15(14)21(27)17-16(19(11)25)20(26)12-7-9(13(23)8-22)5-6-10(12)18(17)24;1-13-10-6-4-3-5-9(7-8-10)11(12)14-2;1-5-7(10)6(8-4-9)2-3-11-5/h2-4,9,22,24,26H,5-8H2,1H3;4,6,9-10H,3,5,7-8H2,1-2H3;4-7,10H,2-3H2,1H3,(H,8,9)/b;6-4+;. The Bertz CT molecular complexity index is 1700. The zero-order chi connectivity index (χ0) is 38.8. The monoisotopic (exact) mass is 739 g/mol. The van der Waals surface area contributed by atoms with Gasteiger partial charge in [0.2, 0.25) is 12.2 Å². The van der Waals surface area contributed by atoms with Crippen LogP contribution in [-0.2, 0) is 41.4 Å². The van der Waals surface area contributed by atoms with Gasteiger partial charge in [-0.3, -0.25) is 24.0 Å². The summed E-state index contributed by atoms with van der Waals surface area (Å²) in [5.41, 5.74) is 0.301. The predicted octanol–water partition coefficient (Wildman–Crippen LogP) is 2.74. The lowest BCUT2D eigenvalue weighted by Crippen LogP contribution is -2.50. The molecular formula is C39H49NO13. The molecule has 2 aromatic carbocycles. The second-order valence-electron chi connectivity index (χ2n) is 13.3. The molecule has 1 saturated heterocycles. The van der Waals surface area contributed by atoms with E-state index in [-0.39, 0.29) is 93.8 Å². The molecule has 1 aliphatic heterocycles. The molecule has 1 fully saturated rings. The molecule has 0 bridgehead atoms. The third-order valence-electron chi connectivity index (χ3n) is 10.3. The summed E-state index contributed by atoms with van der Waals surface area (Å²) in [7, 11) is 4.53. The number of Topliss-reactive ketones (excluding diaryl/α,β-unsaturated/α-hetero) is 1. The smallest absolute Gasteiger partial charge is 0.308 e. The van der Waals surface area contributed by atoms with Gasteiger partial charge in [-0.15, -0.1) is 0 Å². The topological polar surface area (TPSA) is 215 Å². The highest BCUT2D eigenvalue weighted by atomic mass is 16.5. The molecule has 14 nitrogen and oxygen atoms in total. The Labute approximate surface area is 308 Å². The third kappa shape index (κ3) is 9.13. The summed E-state index contributed by atoms with van der Waals surface area (Å²) in [6.45, 7) is 1.79. The van der Waals surface area contributed by atoms with Crippen molar-refractivity contribution in [1.82, 2.24) is 5.32 Å². The van der Waals surface area contributed by atoms with E-state index in [1.807, 2.05) is 0 Å². The molecule has 6 rings (SSSR count). The normalized spacial score (nSPS) is 25.2. The fourth-order valence-corrected chi connectivity index (χ4v) is 7.21. The van der Waals surface area contributed by atoms with Gasteiger partial charge in [-0.25, -0.2) is 0 Å². The van der Waals surface area contributed by atoms with Crippen LogP contribution in [0.15, 0.2) is 30.4 Å². The number of aliphatic hydroxyl groups is 2. The van der Waals surface area contributed by atoms with Crippen LogP contribution in [0.25, 0.3) is 0 Å². The summed E-state index contributed by atoms with van der Waals surface area (Å²) in [6.07, 6.45) is 9.15. The van der Waals surface area contributed by atoms with Crippen molar-refractivity contribution in [1.29, 1.82) is 0 Å². The number of methoxy groups -OCH3 is 3. The number of rotatable bonds is 7. The minimum absolute atomic E-state index is 0.0441. The second-order valence-corrected chi connectivity index (χ2v) is 13.3. The van der Waals surface area contributed by atoms with Crippen molar-refractivity contribution in [3.8, 4) is 17.2 Å². The first-order valence-corrected chi connectivity index (χ1v) is 17.7. The minimum atomic E-state index is -0.609. The summed E-state index contributed by atoms with van der Waals surface area (Å²) in [6, 6.07) is 4.44. The number of carbonyl (C=O) groups excluding carboxylic acids is 5. The third-order valence-corrected chi connectivity index (χ3v) is 10.3. The lowest BCUT2D eigenvalue weighted by atomic mass is 9.75. The molecule has 0 radical (unpaired) electrons. The van der Waals surface area contributed by atoms with E-state index in [2.05, 4.69) is 17.5 Å². The quantitative estimate of drug-likeness (QED) is 0.102. The number of amides is 1. The van der Waals surface area contributed by atoms with Gasteiger partial charge < -0.3 is 44.7 Å². The summed E-state index contributed by atoms with van der Waals surface area (Å²) in [5, 5.41) is 42.7. The van der Waals surface area contributed by atoms with Crippen LogP contribution in [0.1, 0.15) is 88.4 Å². The van der Waals surface area contributed by atoms with Crippen molar-refractivity contribution in [2.75, 3.05) is 34.5 Å². The summed E-state index contributed by atoms with van der Waals surface area (Å²) in [4.78, 5) is 59.5. The number of phenolic OH excluding ortho intramolecular Hbond substituents is 2. The average molecular weight is 740 g/mol. The van der Waals surface area contributed by atoms with E-state index >= 15 is 0 Å². The van der Waals surface area contributed by atoms with Crippen molar-refractivity contribution < 1.29 is 63.3 Å². The SMILES string of the molecule is CC1OCCC(NC=O)C1O.COC(=O)C1CC/C=C/C(OC)CC1.COc1cccc2c1C(=O)c1c(O)c3c(c(O)c1C2=O)CC(C(=O)CO)CC3. The number of ether oxygens (including phenoxy) is 4. The minimum Gasteiger partial charge on any atom is -0.507 e. The molecule has 4 aliphatic rings. The number of benzene rings is 2. The van der Waals surface area contributed by atoms with Crippen LogP contribution in [0, 0.1) is 11.8 Å². The maximum absolute atomic E-state index is 13.1. The highest BCUT2D eigenvalue weighted by molar-refractivity contribution is 6.31. The second kappa shape index (κ2) is 18.9. The van der Waals surface area contributed by atoms with Gasteiger partial charge in [0.05, 0.1) is 55.1 Å². The molecule has 0 spiro atoms. The first-order valence-electron chi connectivity index (χ1n) is 17.7. The molecule has 1 heterocycles. The number of carbonyl (C=O) groups is 5. The lowest BCUT2D eigenvalue weighted by Gasteiger charge is -2.32. The van der Waals surface area contributed by atoms with Gasteiger partial charge in [0.15, 0.2) is 11.6 Å². The molecule has 53 heavy (non-hydrogen) atoms. The summed E-state index contributed by atoms with van der Waals surface area (Å²) < 4.78 is 20.4. The van der Waals surface area contributed by atoms with Crippen LogP contribution in [0.5, 0.6) is 17.2 Å². The number of nitrogens with one attached hydrogen (secondary N) is 1. The molecule has 2 aromatic rings. The Morgan fingerprint density at radius 2 is 1.66 bits per heavy atom. The van der Waals surface area contributed by atoms with Crippen molar-refractivity contribution in [3.05, 3.63) is 63.7 Å². The van der Waals surface area contributed by atoms with Crippen LogP contribution in [0.2, 0.25) is 0 Å². The van der Waals surface area contributed by atoms with E-state index in [0.29, 0.717) is 31.4 Å². The van der Waals surface area contributed by atoms with Crippen molar-refractivity contribution in [2.45, 2.75) is 82.6 Å². The van der Waals surface area contributed by atoms with E-state index in [9.17, 15) is 39.3 Å². The fourth-order valence-electron chi connectivity index (χ4n) is 7.21. The molecule has 14 heteroatoms. The number of fused-ring (bicyclic) bond motifs is 3. The van der Waals surface area contributed by atoms with Crippen molar-refractivity contribution >= 4 is 29.7 Å². The molecule has 3 aliphatic carbocycles. The van der Waals surface area contributed by atoms with Crippen LogP contribution < -0.4 is 10.1 Å². The largest absolute Gasteiger partial charge is 0.507 e. The van der Waals surface area contributed by atoms with Gasteiger partial charge in [0, 0.05) is 36.3 Å². The number of allylic oxidation sites excluding steroid dienone is 1. The molecule has 0 saturated carbocycles. The van der Waals surface area contributed by atoms with E-state index in [4.69, 9.17) is 24.1 Å². The average Bonchev–Trinajstić information content (AvgIpc) is 3.16. The first kappa shape index (κ1) is 41.1. The van der Waals surface area contributed by atoms with E-state index < -0.39 is 30.2 Å². The highest BCUT2D eigenvalue weighted by Gasteiger charge is 2.41. The Balaban J connectivity index is 0.000000208. The molecule has 1 amide bonds. The van der Waals surface area contributed by atoms with Gasteiger partial charge in [-0.2, -0.15) is 0 Å². The van der Waals surface area contributed by atoms with Gasteiger partial charge in [-0.05, 0) is 64.4 Å². The van der Waals surface area contributed by atoms with Gasteiger partial charge in [0.1, 0.15) is 30.0 Å². The number of hydrogen-bond acceptors (Lipinski definition) is 13. The van der Waals surface area contributed by atoms with E-state index in [0.717, 1.165) is 25.7 Å². The van der Waals surface area contributed by atoms with Crippen molar-refractivity contribution in [3.63, 3.8) is 0 Å². The van der Waals surface area contributed by atoms with Gasteiger partial charge >= 0.3 is 5.97 Å². The molecule has 288 valence electrons. The van der Waals surface area contributed by atoms with Crippen LogP contribution >= 0.6 is 0 Å². The Hall–Kier alpha value is -4.63. The number of aromatic hydroxyl groups is 2. The van der Waals surface area contributed by atoms with E-state index in [1.165, 1.54) is 20.3 Å². The Morgan fingerprint density at radius 3 is 2.32 bits per heavy atom. The molecule has 5 N–H and O–H groups in total. The zero-order valence-corrected chi connectivity index (χ0v) is 30.5.